The number of hydrogen-bond acceptors (Lipinski definition) is 0. The molecule has 0 spiro atoms. The third kappa shape index (κ3) is 2.37. The van der Waals surface area contributed by atoms with Gasteiger partial charge in [0.15, 0.2) is 0 Å². The van der Waals surface area contributed by atoms with Crippen molar-refractivity contribution in [3.8, 4) is 0 Å². The van der Waals surface area contributed by atoms with Crippen LogP contribution in [0.1, 0.15) is 26.7 Å². The molecule has 62 valence electrons. The quantitative estimate of drug-likeness (QED) is 0.576. The van der Waals surface area contributed by atoms with Crippen LogP contribution in [-0.4, -0.2) is 11.1 Å². The highest BCUT2D eigenvalue weighted by Crippen LogP contribution is 2.39. The van der Waals surface area contributed by atoms with E-state index in [2.05, 4.69) is 0 Å². The Labute approximate surface area is 63.4 Å². The zero-order valence-corrected chi connectivity index (χ0v) is 6.68. The topological polar surface area (TPSA) is 0 Å². The van der Waals surface area contributed by atoms with E-state index in [9.17, 15) is 13.2 Å². The molecule has 0 bridgehead atoms. The van der Waals surface area contributed by atoms with Gasteiger partial charge < -0.3 is 0 Å². The highest BCUT2D eigenvalue weighted by atomic mass is 35.5. The summed E-state index contributed by atoms with van der Waals surface area (Å²) in [6, 6.07) is 0. The predicted octanol–water partition coefficient (Wildman–Crippen LogP) is 3.35. The molecule has 0 N–H and O–H groups in total. The Hall–Kier alpha value is 0.0800. The largest absolute Gasteiger partial charge is 0.292 e. The molecular weight excluding hydrogens is 165 g/mol. The average molecular weight is 175 g/mol. The minimum atomic E-state index is -3.45. The average Bonchev–Trinajstić information content (AvgIpc) is 1.61. The molecule has 0 aliphatic heterocycles. The lowest BCUT2D eigenvalue weighted by Gasteiger charge is -2.23. The first-order chi connectivity index (χ1) is 4.31. The molecule has 0 heterocycles. The Kier molecular flexibility index (Phi) is 3.01. The second-order valence-corrected chi connectivity index (χ2v) is 2.94. The maximum Gasteiger partial charge on any atom is 0.292 e. The van der Waals surface area contributed by atoms with Gasteiger partial charge in [-0.15, -0.1) is 0 Å². The van der Waals surface area contributed by atoms with Gasteiger partial charge in [0.2, 0.25) is 5.13 Å². The fraction of sp³-hybridized carbons (Fsp3) is 1.00. The molecule has 0 aromatic rings. The van der Waals surface area contributed by atoms with E-state index >= 15 is 0 Å². The van der Waals surface area contributed by atoms with E-state index in [1.54, 1.807) is 6.92 Å². The van der Waals surface area contributed by atoms with Crippen LogP contribution in [0, 0.1) is 0 Å². The van der Waals surface area contributed by atoms with Crippen LogP contribution in [0.5, 0.6) is 0 Å². The SMILES string of the molecule is CCCC(F)(Cl)C(C)(F)F. The molecule has 0 aliphatic carbocycles. The van der Waals surface area contributed by atoms with E-state index in [4.69, 9.17) is 11.6 Å². The van der Waals surface area contributed by atoms with Crippen molar-refractivity contribution in [2.24, 2.45) is 0 Å². The van der Waals surface area contributed by atoms with Gasteiger partial charge in [-0.1, -0.05) is 24.9 Å². The van der Waals surface area contributed by atoms with Crippen LogP contribution in [-0.2, 0) is 0 Å². The minimum Gasteiger partial charge on any atom is -0.220 e. The molecule has 0 nitrogen and oxygen atoms in total. The monoisotopic (exact) mass is 174 g/mol. The van der Waals surface area contributed by atoms with Crippen molar-refractivity contribution in [2.45, 2.75) is 37.7 Å². The fourth-order valence-corrected chi connectivity index (χ4v) is 0.722. The molecule has 1 unspecified atom stereocenters. The summed E-state index contributed by atoms with van der Waals surface area (Å²) < 4.78 is 37.0. The number of alkyl halides is 4. The van der Waals surface area contributed by atoms with Gasteiger partial charge in [-0.2, -0.15) is 0 Å². The lowest BCUT2D eigenvalue weighted by molar-refractivity contribution is -0.0818. The Morgan fingerprint density at radius 1 is 1.30 bits per heavy atom. The van der Waals surface area contributed by atoms with E-state index in [1.807, 2.05) is 0 Å². The van der Waals surface area contributed by atoms with Gasteiger partial charge in [-0.3, -0.25) is 0 Å². The first-order valence-electron chi connectivity index (χ1n) is 3.07. The highest BCUT2D eigenvalue weighted by molar-refractivity contribution is 6.23. The molecule has 0 saturated heterocycles. The van der Waals surface area contributed by atoms with Gasteiger partial charge in [-0.05, 0) is 0 Å². The molecule has 0 fully saturated rings. The van der Waals surface area contributed by atoms with Crippen LogP contribution in [0.3, 0.4) is 0 Å². The summed E-state index contributed by atoms with van der Waals surface area (Å²) >= 11 is 4.90. The van der Waals surface area contributed by atoms with Gasteiger partial charge in [0.05, 0.1) is 0 Å². The van der Waals surface area contributed by atoms with Gasteiger partial charge in [0.25, 0.3) is 5.92 Å². The molecule has 0 radical (unpaired) electrons. The molecule has 0 amide bonds. The predicted molar refractivity (Wildman–Crippen MR) is 35.2 cm³/mol. The minimum absolute atomic E-state index is 0.309. The van der Waals surface area contributed by atoms with Crippen LogP contribution < -0.4 is 0 Å². The fourth-order valence-electron chi connectivity index (χ4n) is 0.533. The van der Waals surface area contributed by atoms with Crippen LogP contribution in [0.4, 0.5) is 13.2 Å². The Balaban J connectivity index is 4.10. The zero-order valence-electron chi connectivity index (χ0n) is 5.93. The smallest absolute Gasteiger partial charge is 0.220 e. The van der Waals surface area contributed by atoms with Crippen molar-refractivity contribution in [1.82, 2.24) is 0 Å². The van der Waals surface area contributed by atoms with Crippen molar-refractivity contribution in [3.63, 3.8) is 0 Å². The van der Waals surface area contributed by atoms with E-state index in [-0.39, 0.29) is 6.42 Å². The number of hydrogen-bond donors (Lipinski definition) is 0. The summed E-state index contributed by atoms with van der Waals surface area (Å²) in [6.07, 6.45) is -0.0124. The van der Waals surface area contributed by atoms with Gasteiger partial charge in [0.1, 0.15) is 0 Å². The molecule has 1 atom stereocenters. The summed E-state index contributed by atoms with van der Waals surface area (Å²) in [6.45, 7) is 2.08. The normalized spacial score (nSPS) is 18.6. The maximum absolute atomic E-state index is 12.6. The summed E-state index contributed by atoms with van der Waals surface area (Å²) in [5, 5.41) is -2.87. The van der Waals surface area contributed by atoms with Crippen LogP contribution in [0.25, 0.3) is 0 Å². The van der Waals surface area contributed by atoms with Crippen molar-refractivity contribution >= 4 is 11.6 Å². The lowest BCUT2D eigenvalue weighted by Crippen LogP contribution is -2.36. The van der Waals surface area contributed by atoms with E-state index in [0.29, 0.717) is 13.3 Å². The zero-order chi connectivity index (χ0) is 8.41. The van der Waals surface area contributed by atoms with Gasteiger partial charge in [-0.25, -0.2) is 13.2 Å². The van der Waals surface area contributed by atoms with Crippen molar-refractivity contribution in [3.05, 3.63) is 0 Å². The van der Waals surface area contributed by atoms with Gasteiger partial charge >= 0.3 is 0 Å². The van der Waals surface area contributed by atoms with E-state index < -0.39 is 11.1 Å². The first-order valence-corrected chi connectivity index (χ1v) is 3.44. The maximum atomic E-state index is 12.6. The Bertz CT molecular complexity index is 106. The summed E-state index contributed by atoms with van der Waals surface area (Å²) in [5.41, 5.74) is 0. The van der Waals surface area contributed by atoms with E-state index in [0.717, 1.165) is 0 Å². The van der Waals surface area contributed by atoms with Gasteiger partial charge in [0, 0.05) is 13.3 Å². The molecule has 4 heteroatoms. The Morgan fingerprint density at radius 2 is 1.70 bits per heavy atom. The molecule has 0 aromatic carbocycles. The van der Waals surface area contributed by atoms with Crippen molar-refractivity contribution < 1.29 is 13.2 Å². The molecular formula is C6H10ClF3. The summed E-state index contributed by atoms with van der Waals surface area (Å²) in [4.78, 5) is 0. The third-order valence-electron chi connectivity index (χ3n) is 1.21. The molecule has 0 saturated carbocycles. The number of halogens is 4. The standard InChI is InChI=1S/C6H10ClF3/c1-3-4-6(7,10)5(2,8)9/h3-4H2,1-2H3. The van der Waals surface area contributed by atoms with E-state index in [1.165, 1.54) is 0 Å². The molecule has 10 heavy (non-hydrogen) atoms. The second-order valence-electron chi connectivity index (χ2n) is 2.34. The first kappa shape index (κ1) is 10.1. The summed E-state index contributed by atoms with van der Waals surface area (Å²) in [7, 11) is 0. The molecule has 0 aliphatic rings. The van der Waals surface area contributed by atoms with Crippen LogP contribution in [0.15, 0.2) is 0 Å². The van der Waals surface area contributed by atoms with Crippen LogP contribution in [0.2, 0.25) is 0 Å². The highest BCUT2D eigenvalue weighted by Gasteiger charge is 2.48. The second kappa shape index (κ2) is 2.99. The van der Waals surface area contributed by atoms with Crippen molar-refractivity contribution in [2.75, 3.05) is 0 Å². The summed E-state index contributed by atoms with van der Waals surface area (Å²) in [5.74, 6) is -3.45. The molecule has 0 rings (SSSR count). The molecule has 0 aromatic heterocycles. The van der Waals surface area contributed by atoms with Crippen molar-refractivity contribution in [1.29, 1.82) is 0 Å². The van der Waals surface area contributed by atoms with Crippen LogP contribution >= 0.6 is 11.6 Å². The lowest BCUT2D eigenvalue weighted by atomic mass is 10.1. The Morgan fingerprint density at radius 3 is 1.80 bits per heavy atom. The third-order valence-corrected chi connectivity index (χ3v) is 1.73. The number of rotatable bonds is 3.